The Labute approximate surface area is 156 Å². The molecule has 1 aliphatic heterocycles. The molecule has 122 valence electrons. The van der Waals surface area contributed by atoms with Crippen LogP contribution in [-0.2, 0) is 13.1 Å². The van der Waals surface area contributed by atoms with Gasteiger partial charge in [0.2, 0.25) is 0 Å². The van der Waals surface area contributed by atoms with Gasteiger partial charge < -0.3 is 0 Å². The van der Waals surface area contributed by atoms with Gasteiger partial charge in [-0.2, -0.15) is 0 Å². The zero-order valence-corrected chi connectivity index (χ0v) is 15.4. The molecule has 0 spiro atoms. The van der Waals surface area contributed by atoms with Crippen LogP contribution in [0, 0.1) is 0 Å². The number of nitrogens with zero attached hydrogens (tertiary/aromatic N) is 1. The molecule has 4 rings (SSSR count). The maximum absolute atomic E-state index is 6.35. The third kappa shape index (κ3) is 3.25. The molecule has 0 amide bonds. The minimum Gasteiger partial charge on any atom is -0.293 e. The summed E-state index contributed by atoms with van der Waals surface area (Å²) in [5.41, 5.74) is 3.97. The largest absolute Gasteiger partial charge is 0.293 e. The van der Waals surface area contributed by atoms with Gasteiger partial charge >= 0.3 is 0 Å². The second kappa shape index (κ2) is 6.89. The quantitative estimate of drug-likeness (QED) is 0.527. The lowest BCUT2D eigenvalue weighted by Crippen LogP contribution is -2.32. The molecule has 0 saturated heterocycles. The Kier molecular flexibility index (Phi) is 4.64. The molecule has 1 aromatic heterocycles. The molecule has 0 aliphatic carbocycles. The Hall–Kier alpha value is -1.32. The van der Waals surface area contributed by atoms with E-state index in [0.717, 1.165) is 29.7 Å². The first-order valence-electron chi connectivity index (χ1n) is 7.98. The summed E-state index contributed by atoms with van der Waals surface area (Å²) in [5, 5.41) is 3.83. The molecule has 0 radical (unpaired) electrons. The van der Waals surface area contributed by atoms with Gasteiger partial charge in [0.1, 0.15) is 0 Å². The van der Waals surface area contributed by atoms with Crippen molar-refractivity contribution in [3.05, 3.63) is 91.6 Å². The average molecular weight is 374 g/mol. The number of rotatable bonds is 3. The average Bonchev–Trinajstić information content (AvgIpc) is 3.05. The predicted octanol–water partition coefficient (Wildman–Crippen LogP) is 6.20. The molecule has 3 aromatic rings. The highest BCUT2D eigenvalue weighted by Gasteiger charge is 2.27. The van der Waals surface area contributed by atoms with Crippen molar-refractivity contribution >= 4 is 34.5 Å². The fourth-order valence-electron chi connectivity index (χ4n) is 3.38. The summed E-state index contributed by atoms with van der Waals surface area (Å²) in [7, 11) is 0. The van der Waals surface area contributed by atoms with E-state index in [9.17, 15) is 0 Å². The summed E-state index contributed by atoms with van der Waals surface area (Å²) in [6.45, 7) is 2.86. The highest BCUT2D eigenvalue weighted by Crippen LogP contribution is 2.37. The number of hydrogen-bond acceptors (Lipinski definition) is 2. The van der Waals surface area contributed by atoms with Gasteiger partial charge in [-0.1, -0.05) is 53.5 Å². The van der Waals surface area contributed by atoms with Crippen molar-refractivity contribution in [1.82, 2.24) is 4.90 Å². The maximum Gasteiger partial charge on any atom is 0.0451 e. The van der Waals surface area contributed by atoms with Crippen LogP contribution in [-0.4, -0.2) is 11.4 Å². The van der Waals surface area contributed by atoms with Gasteiger partial charge in [0.15, 0.2) is 0 Å². The van der Waals surface area contributed by atoms with Gasteiger partial charge in [-0.25, -0.2) is 0 Å². The standard InChI is InChI=1S/C20H17Cl2NS/c21-16-7-5-14(6-8-16)18-12-23(13-20-17(18)9-10-24-20)11-15-3-1-2-4-19(15)22/h1-10,18H,11-13H2. The molecule has 0 saturated carbocycles. The van der Waals surface area contributed by atoms with Crippen molar-refractivity contribution < 1.29 is 0 Å². The lowest BCUT2D eigenvalue weighted by molar-refractivity contribution is 0.235. The zero-order chi connectivity index (χ0) is 16.5. The maximum atomic E-state index is 6.35. The van der Waals surface area contributed by atoms with E-state index in [4.69, 9.17) is 23.2 Å². The van der Waals surface area contributed by atoms with Crippen LogP contribution in [0.2, 0.25) is 10.0 Å². The zero-order valence-electron chi connectivity index (χ0n) is 13.1. The second-order valence-electron chi connectivity index (χ2n) is 6.16. The molecule has 1 unspecified atom stereocenters. The summed E-state index contributed by atoms with van der Waals surface area (Å²) in [4.78, 5) is 3.94. The number of thiophene rings is 1. The Morgan fingerprint density at radius 3 is 2.58 bits per heavy atom. The molecular formula is C20H17Cl2NS. The number of halogens is 2. The molecule has 0 N–H and O–H groups in total. The lowest BCUT2D eigenvalue weighted by atomic mass is 9.88. The number of benzene rings is 2. The Balaban J connectivity index is 1.63. The third-order valence-electron chi connectivity index (χ3n) is 4.59. The first-order valence-corrected chi connectivity index (χ1v) is 9.62. The molecule has 24 heavy (non-hydrogen) atoms. The molecule has 1 atom stereocenters. The van der Waals surface area contributed by atoms with Crippen molar-refractivity contribution in [2.75, 3.05) is 6.54 Å². The summed E-state index contributed by atoms with van der Waals surface area (Å²) in [6.07, 6.45) is 0. The molecule has 0 fully saturated rings. The van der Waals surface area contributed by atoms with Crippen LogP contribution in [0.3, 0.4) is 0 Å². The second-order valence-corrected chi connectivity index (χ2v) is 8.01. The summed E-state index contributed by atoms with van der Waals surface area (Å²) in [6, 6.07) is 18.6. The summed E-state index contributed by atoms with van der Waals surface area (Å²) < 4.78 is 0. The van der Waals surface area contributed by atoms with Gasteiger partial charge in [0, 0.05) is 40.5 Å². The molecule has 1 nitrogen and oxygen atoms in total. The van der Waals surface area contributed by atoms with Crippen LogP contribution in [0.5, 0.6) is 0 Å². The van der Waals surface area contributed by atoms with Crippen LogP contribution in [0.1, 0.15) is 27.5 Å². The first-order chi connectivity index (χ1) is 11.7. The van der Waals surface area contributed by atoms with Gasteiger partial charge in [0.25, 0.3) is 0 Å². The number of hydrogen-bond donors (Lipinski definition) is 0. The topological polar surface area (TPSA) is 3.24 Å². The van der Waals surface area contributed by atoms with Crippen molar-refractivity contribution in [1.29, 1.82) is 0 Å². The fourth-order valence-corrected chi connectivity index (χ4v) is 4.69. The highest BCUT2D eigenvalue weighted by molar-refractivity contribution is 7.10. The predicted molar refractivity (Wildman–Crippen MR) is 103 cm³/mol. The molecule has 4 heteroatoms. The van der Waals surface area contributed by atoms with E-state index in [1.807, 2.05) is 35.6 Å². The smallest absolute Gasteiger partial charge is 0.0451 e. The first kappa shape index (κ1) is 16.2. The molecular weight excluding hydrogens is 357 g/mol. The van der Waals surface area contributed by atoms with Crippen molar-refractivity contribution in [2.24, 2.45) is 0 Å². The van der Waals surface area contributed by atoms with E-state index in [1.54, 1.807) is 0 Å². The van der Waals surface area contributed by atoms with Gasteiger partial charge in [-0.3, -0.25) is 4.90 Å². The molecule has 2 heterocycles. The van der Waals surface area contributed by atoms with Crippen molar-refractivity contribution in [3.8, 4) is 0 Å². The molecule has 0 bridgehead atoms. The van der Waals surface area contributed by atoms with E-state index in [0.29, 0.717) is 5.92 Å². The summed E-state index contributed by atoms with van der Waals surface area (Å²) in [5.74, 6) is 0.389. The SMILES string of the molecule is Clc1ccc(C2CN(Cc3ccccc3Cl)Cc3sccc32)cc1. The molecule has 1 aliphatic rings. The van der Waals surface area contributed by atoms with Gasteiger partial charge in [-0.05, 0) is 46.3 Å². The molecule has 2 aromatic carbocycles. The monoisotopic (exact) mass is 373 g/mol. The van der Waals surface area contributed by atoms with Crippen LogP contribution in [0.25, 0.3) is 0 Å². The Bertz CT molecular complexity index is 841. The Morgan fingerprint density at radius 2 is 1.79 bits per heavy atom. The van der Waals surface area contributed by atoms with Crippen molar-refractivity contribution in [2.45, 2.75) is 19.0 Å². The van der Waals surface area contributed by atoms with E-state index in [2.05, 4.69) is 40.6 Å². The summed E-state index contributed by atoms with van der Waals surface area (Å²) >= 11 is 14.3. The van der Waals surface area contributed by atoms with Crippen LogP contribution in [0.4, 0.5) is 0 Å². The van der Waals surface area contributed by atoms with Gasteiger partial charge in [-0.15, -0.1) is 11.3 Å². The minimum absolute atomic E-state index is 0.389. The number of fused-ring (bicyclic) bond motifs is 1. The van der Waals surface area contributed by atoms with E-state index in [1.165, 1.54) is 21.6 Å². The Morgan fingerprint density at radius 1 is 1.00 bits per heavy atom. The van der Waals surface area contributed by atoms with E-state index < -0.39 is 0 Å². The van der Waals surface area contributed by atoms with E-state index >= 15 is 0 Å². The normalized spacial score (nSPS) is 17.7. The fraction of sp³-hybridized carbons (Fsp3) is 0.200. The van der Waals surface area contributed by atoms with Crippen LogP contribution >= 0.6 is 34.5 Å². The van der Waals surface area contributed by atoms with Crippen molar-refractivity contribution in [3.63, 3.8) is 0 Å². The highest BCUT2D eigenvalue weighted by atomic mass is 35.5. The van der Waals surface area contributed by atoms with Crippen LogP contribution < -0.4 is 0 Å². The third-order valence-corrected chi connectivity index (χ3v) is 6.13. The lowest BCUT2D eigenvalue weighted by Gasteiger charge is -2.33. The minimum atomic E-state index is 0.389. The van der Waals surface area contributed by atoms with Gasteiger partial charge in [0.05, 0.1) is 0 Å². The van der Waals surface area contributed by atoms with Crippen LogP contribution in [0.15, 0.2) is 60.0 Å². The van der Waals surface area contributed by atoms with E-state index in [-0.39, 0.29) is 0 Å².